The Morgan fingerprint density at radius 3 is 2.93 bits per heavy atom. The van der Waals surface area contributed by atoms with Gasteiger partial charge in [-0.25, -0.2) is 8.78 Å². The van der Waals surface area contributed by atoms with Crippen molar-refractivity contribution < 1.29 is 18.3 Å². The van der Waals surface area contributed by atoms with Crippen LogP contribution in [0.25, 0.3) is 0 Å². The van der Waals surface area contributed by atoms with Gasteiger partial charge in [0.2, 0.25) is 5.91 Å². The number of aromatic nitrogens is 1. The molecule has 0 aliphatic carbocycles. The van der Waals surface area contributed by atoms with Crippen molar-refractivity contribution in [3.05, 3.63) is 65.5 Å². The van der Waals surface area contributed by atoms with Gasteiger partial charge in [-0.05, 0) is 31.2 Å². The van der Waals surface area contributed by atoms with Gasteiger partial charge >= 0.3 is 0 Å². The first kappa shape index (κ1) is 20.9. The molecule has 160 valence electrons. The SMILES string of the molecule is CN1C[C@H](COCc2cccnc2)[C@]2(CCN(C(=O)Cc3cccc(F)c3F)C2)C1. The second-order valence-electron chi connectivity index (χ2n) is 8.59. The van der Waals surface area contributed by atoms with E-state index in [9.17, 15) is 13.6 Å². The predicted octanol–water partition coefficient (Wildman–Crippen LogP) is 2.90. The monoisotopic (exact) mass is 415 g/mol. The van der Waals surface area contributed by atoms with Crippen LogP contribution in [0.2, 0.25) is 0 Å². The van der Waals surface area contributed by atoms with Crippen molar-refractivity contribution in [1.82, 2.24) is 14.8 Å². The van der Waals surface area contributed by atoms with Crippen molar-refractivity contribution in [2.75, 3.05) is 39.8 Å². The number of hydrogen-bond acceptors (Lipinski definition) is 4. The Kier molecular flexibility index (Phi) is 6.11. The lowest BCUT2D eigenvalue weighted by Crippen LogP contribution is -2.38. The van der Waals surface area contributed by atoms with Crippen LogP contribution in [-0.2, 0) is 22.6 Å². The Morgan fingerprint density at radius 2 is 2.13 bits per heavy atom. The summed E-state index contributed by atoms with van der Waals surface area (Å²) in [6.07, 6.45) is 4.33. The summed E-state index contributed by atoms with van der Waals surface area (Å²) in [4.78, 5) is 21.0. The van der Waals surface area contributed by atoms with Gasteiger partial charge in [-0.3, -0.25) is 9.78 Å². The molecule has 5 nitrogen and oxygen atoms in total. The Labute approximate surface area is 175 Å². The van der Waals surface area contributed by atoms with Gasteiger partial charge in [-0.2, -0.15) is 0 Å². The Bertz CT molecular complexity index is 895. The smallest absolute Gasteiger partial charge is 0.227 e. The van der Waals surface area contributed by atoms with Crippen molar-refractivity contribution in [1.29, 1.82) is 0 Å². The first-order valence-corrected chi connectivity index (χ1v) is 10.3. The first-order chi connectivity index (χ1) is 14.5. The summed E-state index contributed by atoms with van der Waals surface area (Å²) >= 11 is 0. The van der Waals surface area contributed by atoms with Crippen LogP contribution in [0.4, 0.5) is 8.78 Å². The van der Waals surface area contributed by atoms with E-state index in [2.05, 4.69) is 16.9 Å². The minimum atomic E-state index is -0.929. The average Bonchev–Trinajstić information content (AvgIpc) is 3.29. The van der Waals surface area contributed by atoms with Crippen molar-refractivity contribution in [2.24, 2.45) is 11.3 Å². The summed E-state index contributed by atoms with van der Waals surface area (Å²) in [5.74, 6) is -1.67. The standard InChI is InChI=1S/C23H27F2N3O2/c1-27-12-19(14-30-13-17-4-3-8-26-11-17)23(15-27)7-9-28(16-23)21(29)10-18-5-2-6-20(24)22(18)25/h2-6,8,11,19H,7,9-10,12-16H2,1H3/t19-,23-/m1/s1. The van der Waals surface area contributed by atoms with Gasteiger partial charge < -0.3 is 14.5 Å². The summed E-state index contributed by atoms with van der Waals surface area (Å²) in [6, 6.07) is 7.86. The van der Waals surface area contributed by atoms with Crippen LogP contribution in [0.1, 0.15) is 17.5 Å². The number of ether oxygens (including phenoxy) is 1. The number of rotatable bonds is 6. The Balaban J connectivity index is 1.37. The third kappa shape index (κ3) is 4.37. The molecule has 3 heterocycles. The maximum atomic E-state index is 14.0. The second kappa shape index (κ2) is 8.78. The molecule has 0 saturated carbocycles. The summed E-state index contributed by atoms with van der Waals surface area (Å²) in [6.45, 7) is 4.25. The highest BCUT2D eigenvalue weighted by molar-refractivity contribution is 5.79. The van der Waals surface area contributed by atoms with Crippen molar-refractivity contribution in [2.45, 2.75) is 19.4 Å². The van der Waals surface area contributed by atoms with Crippen molar-refractivity contribution in [3.8, 4) is 0 Å². The zero-order valence-electron chi connectivity index (χ0n) is 17.2. The van der Waals surface area contributed by atoms with Crippen LogP contribution in [0.3, 0.4) is 0 Å². The van der Waals surface area contributed by atoms with E-state index in [0.29, 0.717) is 32.2 Å². The maximum absolute atomic E-state index is 14.0. The van der Waals surface area contributed by atoms with Crippen LogP contribution < -0.4 is 0 Å². The van der Waals surface area contributed by atoms with Crippen LogP contribution in [-0.4, -0.2) is 60.5 Å². The molecule has 2 atom stereocenters. The number of carbonyl (C=O) groups excluding carboxylic acids is 1. The van der Waals surface area contributed by atoms with E-state index >= 15 is 0 Å². The molecule has 2 aromatic rings. The highest BCUT2D eigenvalue weighted by atomic mass is 19.2. The van der Waals surface area contributed by atoms with Gasteiger partial charge in [0.05, 0.1) is 19.6 Å². The molecule has 2 aliphatic heterocycles. The molecule has 1 aromatic carbocycles. The zero-order valence-corrected chi connectivity index (χ0v) is 17.2. The summed E-state index contributed by atoms with van der Waals surface area (Å²) < 4.78 is 33.4. The van der Waals surface area contributed by atoms with E-state index in [-0.39, 0.29) is 23.3 Å². The predicted molar refractivity (Wildman–Crippen MR) is 109 cm³/mol. The molecule has 2 aliphatic rings. The molecule has 0 radical (unpaired) electrons. The fourth-order valence-corrected chi connectivity index (χ4v) is 4.86. The van der Waals surface area contributed by atoms with Crippen LogP contribution in [0.15, 0.2) is 42.7 Å². The lowest BCUT2D eigenvalue weighted by atomic mass is 9.77. The fourth-order valence-electron chi connectivity index (χ4n) is 4.86. The highest BCUT2D eigenvalue weighted by Gasteiger charge is 2.50. The molecule has 30 heavy (non-hydrogen) atoms. The number of nitrogens with zero attached hydrogens (tertiary/aromatic N) is 3. The topological polar surface area (TPSA) is 45.7 Å². The van der Waals surface area contributed by atoms with Gasteiger partial charge in [-0.1, -0.05) is 18.2 Å². The molecule has 1 aromatic heterocycles. The van der Waals surface area contributed by atoms with Gasteiger partial charge in [0.1, 0.15) is 0 Å². The Hall–Kier alpha value is -2.38. The second-order valence-corrected chi connectivity index (χ2v) is 8.59. The van der Waals surface area contributed by atoms with E-state index in [0.717, 1.165) is 31.1 Å². The normalized spacial score (nSPS) is 24.1. The minimum Gasteiger partial charge on any atom is -0.376 e. The van der Waals surface area contributed by atoms with Gasteiger partial charge in [0.15, 0.2) is 11.6 Å². The highest BCUT2D eigenvalue weighted by Crippen LogP contribution is 2.43. The molecule has 4 rings (SSSR count). The largest absolute Gasteiger partial charge is 0.376 e. The quantitative estimate of drug-likeness (QED) is 0.728. The number of likely N-dealkylation sites (tertiary alicyclic amines) is 2. The number of carbonyl (C=O) groups is 1. The van der Waals surface area contributed by atoms with Crippen molar-refractivity contribution in [3.63, 3.8) is 0 Å². The third-order valence-electron chi connectivity index (χ3n) is 6.40. The molecular weight excluding hydrogens is 388 g/mol. The molecule has 7 heteroatoms. The molecule has 0 bridgehead atoms. The number of pyridine rings is 1. The van der Waals surface area contributed by atoms with Gasteiger partial charge in [-0.15, -0.1) is 0 Å². The van der Waals surface area contributed by atoms with Gasteiger partial charge in [0.25, 0.3) is 0 Å². The van der Waals surface area contributed by atoms with E-state index in [4.69, 9.17) is 4.74 Å². The van der Waals surface area contributed by atoms with Crippen LogP contribution in [0.5, 0.6) is 0 Å². The third-order valence-corrected chi connectivity index (χ3v) is 6.40. The number of amides is 1. The minimum absolute atomic E-state index is 0.0141. The van der Waals surface area contributed by atoms with E-state index in [1.807, 2.05) is 12.1 Å². The van der Waals surface area contributed by atoms with E-state index < -0.39 is 11.6 Å². The lowest BCUT2D eigenvalue weighted by molar-refractivity contribution is -0.130. The number of benzene rings is 1. The van der Waals surface area contributed by atoms with Gasteiger partial charge in [0, 0.05) is 55.5 Å². The molecule has 1 amide bonds. The molecule has 0 unspecified atom stereocenters. The van der Waals surface area contributed by atoms with Crippen molar-refractivity contribution >= 4 is 5.91 Å². The summed E-state index contributed by atoms with van der Waals surface area (Å²) in [5, 5.41) is 0. The maximum Gasteiger partial charge on any atom is 0.227 e. The molecule has 0 N–H and O–H groups in total. The Morgan fingerprint density at radius 1 is 1.27 bits per heavy atom. The average molecular weight is 415 g/mol. The lowest BCUT2D eigenvalue weighted by Gasteiger charge is -2.30. The molecule has 2 saturated heterocycles. The zero-order chi connectivity index (χ0) is 21.1. The molecular formula is C23H27F2N3O2. The number of halogens is 2. The summed E-state index contributed by atoms with van der Waals surface area (Å²) in [5.41, 5.74) is 1.14. The van der Waals surface area contributed by atoms with Crippen LogP contribution in [0, 0.1) is 23.0 Å². The molecule has 1 spiro atoms. The molecule has 2 fully saturated rings. The number of hydrogen-bond donors (Lipinski definition) is 0. The summed E-state index contributed by atoms with van der Waals surface area (Å²) in [7, 11) is 2.09. The van der Waals surface area contributed by atoms with Crippen LogP contribution >= 0.6 is 0 Å². The van der Waals surface area contributed by atoms with E-state index in [1.54, 1.807) is 17.3 Å². The first-order valence-electron chi connectivity index (χ1n) is 10.3. The van der Waals surface area contributed by atoms with E-state index in [1.165, 1.54) is 12.1 Å². The fraction of sp³-hybridized carbons (Fsp3) is 0.478.